The van der Waals surface area contributed by atoms with Gasteiger partial charge in [0, 0.05) is 18.0 Å². The van der Waals surface area contributed by atoms with Crippen LogP contribution in [0.15, 0.2) is 40.8 Å². The molecule has 18 heavy (non-hydrogen) atoms. The van der Waals surface area contributed by atoms with Gasteiger partial charge in [-0.25, -0.2) is 4.39 Å². The molecule has 1 aromatic heterocycles. The molecule has 1 unspecified atom stereocenters. The summed E-state index contributed by atoms with van der Waals surface area (Å²) in [5, 5.41) is 3.45. The number of halogens is 1. The van der Waals surface area contributed by atoms with Crippen molar-refractivity contribution in [1.82, 2.24) is 5.32 Å². The van der Waals surface area contributed by atoms with Gasteiger partial charge in [-0.15, -0.1) is 0 Å². The van der Waals surface area contributed by atoms with Crippen LogP contribution in [0.4, 0.5) is 4.39 Å². The molecular formula is C15H16FNO. The van der Waals surface area contributed by atoms with Crippen molar-refractivity contribution < 1.29 is 8.81 Å². The van der Waals surface area contributed by atoms with Crippen LogP contribution in [-0.2, 0) is 6.42 Å². The first-order valence-corrected chi connectivity index (χ1v) is 6.39. The molecule has 94 valence electrons. The Balaban J connectivity index is 1.74. The lowest BCUT2D eigenvalue weighted by atomic mass is 10.1. The van der Waals surface area contributed by atoms with Crippen LogP contribution in [-0.4, -0.2) is 12.6 Å². The van der Waals surface area contributed by atoms with E-state index in [0.29, 0.717) is 6.04 Å². The molecule has 1 N–H and O–H groups in total. The molecule has 3 heteroatoms. The fraction of sp³-hybridized carbons (Fsp3) is 0.333. The largest absolute Gasteiger partial charge is 0.461 e. The van der Waals surface area contributed by atoms with E-state index in [2.05, 4.69) is 5.32 Å². The summed E-state index contributed by atoms with van der Waals surface area (Å²) in [7, 11) is 0. The van der Waals surface area contributed by atoms with E-state index in [1.54, 1.807) is 12.1 Å². The van der Waals surface area contributed by atoms with Gasteiger partial charge in [-0.2, -0.15) is 0 Å². The Morgan fingerprint density at radius 3 is 2.72 bits per heavy atom. The van der Waals surface area contributed by atoms with Crippen molar-refractivity contribution >= 4 is 0 Å². The van der Waals surface area contributed by atoms with Crippen LogP contribution >= 0.6 is 0 Å². The standard InChI is InChI=1S/C15H16FNO/c16-12-5-3-11(4-6-12)15-8-7-14(18-15)10-13-2-1-9-17-13/h3-8,13,17H,1-2,9-10H2. The molecule has 1 aromatic carbocycles. The third-order valence-electron chi connectivity index (χ3n) is 3.40. The van der Waals surface area contributed by atoms with E-state index < -0.39 is 0 Å². The van der Waals surface area contributed by atoms with Crippen LogP contribution in [0.1, 0.15) is 18.6 Å². The Morgan fingerprint density at radius 1 is 1.17 bits per heavy atom. The summed E-state index contributed by atoms with van der Waals surface area (Å²) in [6.07, 6.45) is 3.39. The average molecular weight is 245 g/mol. The molecule has 1 atom stereocenters. The van der Waals surface area contributed by atoms with Crippen LogP contribution in [0.5, 0.6) is 0 Å². The zero-order valence-corrected chi connectivity index (χ0v) is 10.2. The summed E-state index contributed by atoms with van der Waals surface area (Å²) in [6, 6.07) is 10.9. The third-order valence-corrected chi connectivity index (χ3v) is 3.40. The Hall–Kier alpha value is -1.61. The molecule has 1 saturated heterocycles. The van der Waals surface area contributed by atoms with Gasteiger partial charge in [0.15, 0.2) is 0 Å². The molecule has 3 rings (SSSR count). The SMILES string of the molecule is Fc1ccc(-c2ccc(CC3CCCN3)o2)cc1. The van der Waals surface area contributed by atoms with E-state index in [4.69, 9.17) is 4.42 Å². The Kier molecular flexibility index (Phi) is 3.15. The molecule has 1 aliphatic heterocycles. The van der Waals surface area contributed by atoms with E-state index in [-0.39, 0.29) is 5.82 Å². The van der Waals surface area contributed by atoms with E-state index >= 15 is 0 Å². The van der Waals surface area contributed by atoms with E-state index in [1.807, 2.05) is 12.1 Å². The maximum atomic E-state index is 12.8. The first-order valence-electron chi connectivity index (χ1n) is 6.39. The fourth-order valence-corrected chi connectivity index (χ4v) is 2.43. The van der Waals surface area contributed by atoms with Crippen LogP contribution in [0.25, 0.3) is 11.3 Å². The highest BCUT2D eigenvalue weighted by Crippen LogP contribution is 2.24. The molecular weight excluding hydrogens is 229 g/mol. The van der Waals surface area contributed by atoms with E-state index in [1.165, 1.54) is 25.0 Å². The number of rotatable bonds is 3. The molecule has 1 aliphatic rings. The first-order chi connectivity index (χ1) is 8.81. The predicted molar refractivity (Wildman–Crippen MR) is 68.8 cm³/mol. The van der Waals surface area contributed by atoms with Crippen molar-refractivity contribution in [3.05, 3.63) is 48.0 Å². The zero-order valence-electron chi connectivity index (χ0n) is 10.2. The summed E-state index contributed by atoms with van der Waals surface area (Å²) in [6.45, 7) is 1.11. The zero-order chi connectivity index (χ0) is 12.4. The van der Waals surface area contributed by atoms with E-state index in [9.17, 15) is 4.39 Å². The number of benzene rings is 1. The molecule has 2 nitrogen and oxygen atoms in total. The highest BCUT2D eigenvalue weighted by molar-refractivity contribution is 5.57. The molecule has 0 amide bonds. The second-order valence-corrected chi connectivity index (χ2v) is 4.77. The van der Waals surface area contributed by atoms with Gasteiger partial charge in [0.25, 0.3) is 0 Å². The molecule has 0 spiro atoms. The quantitative estimate of drug-likeness (QED) is 0.896. The van der Waals surface area contributed by atoms with Crippen molar-refractivity contribution in [1.29, 1.82) is 0 Å². The second kappa shape index (κ2) is 4.94. The number of hydrogen-bond donors (Lipinski definition) is 1. The highest BCUT2D eigenvalue weighted by atomic mass is 19.1. The van der Waals surface area contributed by atoms with Gasteiger partial charge < -0.3 is 9.73 Å². The summed E-state index contributed by atoms with van der Waals surface area (Å²) in [4.78, 5) is 0. The average Bonchev–Trinajstić information content (AvgIpc) is 3.02. The van der Waals surface area contributed by atoms with Gasteiger partial charge in [0.1, 0.15) is 17.3 Å². The van der Waals surface area contributed by atoms with Crippen molar-refractivity contribution in [2.24, 2.45) is 0 Å². The Morgan fingerprint density at radius 2 is 2.00 bits per heavy atom. The number of hydrogen-bond acceptors (Lipinski definition) is 2. The fourth-order valence-electron chi connectivity index (χ4n) is 2.43. The van der Waals surface area contributed by atoms with Crippen LogP contribution in [0, 0.1) is 5.82 Å². The molecule has 0 aliphatic carbocycles. The molecule has 1 fully saturated rings. The molecule has 0 bridgehead atoms. The van der Waals surface area contributed by atoms with Gasteiger partial charge in [0.2, 0.25) is 0 Å². The monoisotopic (exact) mass is 245 g/mol. The van der Waals surface area contributed by atoms with Crippen molar-refractivity contribution in [3.8, 4) is 11.3 Å². The van der Waals surface area contributed by atoms with Crippen molar-refractivity contribution in [2.75, 3.05) is 6.54 Å². The third kappa shape index (κ3) is 2.46. The van der Waals surface area contributed by atoms with Crippen molar-refractivity contribution in [2.45, 2.75) is 25.3 Å². The predicted octanol–water partition coefficient (Wildman–Crippen LogP) is 3.38. The normalized spacial score (nSPS) is 19.3. The van der Waals surface area contributed by atoms with Crippen LogP contribution in [0.2, 0.25) is 0 Å². The number of furan rings is 1. The van der Waals surface area contributed by atoms with Gasteiger partial charge in [-0.05, 0) is 55.8 Å². The van der Waals surface area contributed by atoms with Crippen LogP contribution < -0.4 is 5.32 Å². The van der Waals surface area contributed by atoms with Gasteiger partial charge in [-0.1, -0.05) is 0 Å². The number of nitrogens with one attached hydrogen (secondary N) is 1. The summed E-state index contributed by atoms with van der Waals surface area (Å²) < 4.78 is 18.6. The summed E-state index contributed by atoms with van der Waals surface area (Å²) >= 11 is 0. The molecule has 0 saturated carbocycles. The van der Waals surface area contributed by atoms with Gasteiger partial charge in [-0.3, -0.25) is 0 Å². The molecule has 2 aromatic rings. The maximum absolute atomic E-state index is 12.8. The highest BCUT2D eigenvalue weighted by Gasteiger charge is 2.16. The maximum Gasteiger partial charge on any atom is 0.134 e. The van der Waals surface area contributed by atoms with Crippen molar-refractivity contribution in [3.63, 3.8) is 0 Å². The lowest BCUT2D eigenvalue weighted by molar-refractivity contribution is 0.478. The summed E-state index contributed by atoms with van der Waals surface area (Å²) in [5.74, 6) is 1.58. The first kappa shape index (κ1) is 11.5. The minimum Gasteiger partial charge on any atom is -0.461 e. The lowest BCUT2D eigenvalue weighted by Crippen LogP contribution is -2.23. The second-order valence-electron chi connectivity index (χ2n) is 4.77. The molecule has 0 radical (unpaired) electrons. The van der Waals surface area contributed by atoms with Crippen LogP contribution in [0.3, 0.4) is 0 Å². The van der Waals surface area contributed by atoms with E-state index in [0.717, 1.165) is 30.0 Å². The minimum atomic E-state index is -0.222. The minimum absolute atomic E-state index is 0.222. The molecule has 2 heterocycles. The van der Waals surface area contributed by atoms with Gasteiger partial charge in [0.05, 0.1) is 0 Å². The summed E-state index contributed by atoms with van der Waals surface area (Å²) in [5.41, 5.74) is 0.919. The smallest absolute Gasteiger partial charge is 0.134 e. The lowest BCUT2D eigenvalue weighted by Gasteiger charge is -2.06. The Bertz CT molecular complexity index is 512. The Labute approximate surface area is 106 Å². The topological polar surface area (TPSA) is 25.2 Å². The van der Waals surface area contributed by atoms with Gasteiger partial charge >= 0.3 is 0 Å².